The molecule has 27 heavy (non-hydrogen) atoms. The van der Waals surface area contributed by atoms with Gasteiger partial charge in [-0.15, -0.1) is 0 Å². The first-order valence-corrected chi connectivity index (χ1v) is 9.37. The smallest absolute Gasteiger partial charge is 0.274 e. The fourth-order valence-corrected chi connectivity index (χ4v) is 3.28. The van der Waals surface area contributed by atoms with E-state index in [2.05, 4.69) is 24.3 Å². The summed E-state index contributed by atoms with van der Waals surface area (Å²) in [6, 6.07) is 17.0. The van der Waals surface area contributed by atoms with Crippen LogP contribution in [0.1, 0.15) is 49.3 Å². The zero-order valence-corrected chi connectivity index (χ0v) is 16.0. The maximum absolute atomic E-state index is 13.1. The molecule has 1 N–H and O–H groups in total. The van der Waals surface area contributed by atoms with Crippen LogP contribution in [0.5, 0.6) is 0 Å². The minimum absolute atomic E-state index is 0.110. The van der Waals surface area contributed by atoms with Crippen LogP contribution < -0.4 is 10.9 Å². The number of nitrogens with zero attached hydrogens (tertiary/aromatic N) is 2. The lowest BCUT2D eigenvalue weighted by atomic mass is 9.96. The third-order valence-electron chi connectivity index (χ3n) is 4.60. The zero-order valence-electron chi connectivity index (χ0n) is 16.0. The molecule has 1 atom stereocenters. The van der Waals surface area contributed by atoms with E-state index < -0.39 is 0 Å². The van der Waals surface area contributed by atoms with Crippen LogP contribution in [0, 0.1) is 5.92 Å². The van der Waals surface area contributed by atoms with Crippen molar-refractivity contribution in [3.05, 3.63) is 76.2 Å². The molecule has 0 unspecified atom stereocenters. The molecule has 1 aromatic heterocycles. The van der Waals surface area contributed by atoms with Crippen LogP contribution in [-0.4, -0.2) is 15.7 Å². The van der Waals surface area contributed by atoms with Crippen LogP contribution >= 0.6 is 0 Å². The molecule has 3 rings (SSSR count). The Hall–Kier alpha value is -2.95. The maximum atomic E-state index is 13.1. The van der Waals surface area contributed by atoms with Crippen molar-refractivity contribution in [2.75, 3.05) is 0 Å². The number of aryl methyl sites for hydroxylation is 1. The minimum Gasteiger partial charge on any atom is -0.344 e. The van der Waals surface area contributed by atoms with Crippen molar-refractivity contribution in [2.24, 2.45) is 5.92 Å². The summed E-state index contributed by atoms with van der Waals surface area (Å²) < 4.78 is 1.34. The Morgan fingerprint density at radius 3 is 2.30 bits per heavy atom. The molecule has 2 aromatic carbocycles. The normalized spacial score (nSPS) is 12.3. The average Bonchev–Trinajstić information content (AvgIpc) is 2.68. The predicted molar refractivity (Wildman–Crippen MR) is 108 cm³/mol. The van der Waals surface area contributed by atoms with E-state index in [1.807, 2.05) is 43.3 Å². The van der Waals surface area contributed by atoms with Crippen molar-refractivity contribution < 1.29 is 4.79 Å². The molecule has 3 aromatic rings. The summed E-state index contributed by atoms with van der Waals surface area (Å²) in [5.74, 6) is 0.160. The lowest BCUT2D eigenvalue weighted by molar-refractivity contribution is 0.0926. The van der Waals surface area contributed by atoms with E-state index in [-0.39, 0.29) is 23.2 Å². The van der Waals surface area contributed by atoms with Crippen molar-refractivity contribution >= 4 is 16.7 Å². The second-order valence-corrected chi connectivity index (χ2v) is 7.08. The van der Waals surface area contributed by atoms with Gasteiger partial charge in [0.05, 0.1) is 11.4 Å². The number of carbonyl (C=O) groups is 1. The van der Waals surface area contributed by atoms with Crippen LogP contribution in [0.3, 0.4) is 0 Å². The monoisotopic (exact) mass is 363 g/mol. The van der Waals surface area contributed by atoms with Gasteiger partial charge in [0.2, 0.25) is 0 Å². The first kappa shape index (κ1) is 18.8. The standard InChI is InChI=1S/C22H25N3O2/c1-4-25-22(27)18-13-9-8-12-17(18)20(24-25)21(26)23-19(14-15(2)3)16-10-6-5-7-11-16/h5-13,15,19H,4,14H2,1-3H3,(H,23,26)/t19-/m0/s1. The van der Waals surface area contributed by atoms with Gasteiger partial charge in [0.1, 0.15) is 0 Å². The second kappa shape index (κ2) is 8.16. The molecule has 1 amide bonds. The molecule has 5 heteroatoms. The van der Waals surface area contributed by atoms with Crippen molar-refractivity contribution in [1.82, 2.24) is 15.1 Å². The number of aromatic nitrogens is 2. The lowest BCUT2D eigenvalue weighted by Gasteiger charge is -2.21. The number of carbonyl (C=O) groups excluding carboxylic acids is 1. The highest BCUT2D eigenvalue weighted by Crippen LogP contribution is 2.22. The quantitative estimate of drug-likeness (QED) is 0.722. The second-order valence-electron chi connectivity index (χ2n) is 7.08. The molecular weight excluding hydrogens is 338 g/mol. The molecule has 0 radical (unpaired) electrons. The van der Waals surface area contributed by atoms with Gasteiger partial charge in [0.15, 0.2) is 5.69 Å². The van der Waals surface area contributed by atoms with Crippen molar-refractivity contribution in [3.63, 3.8) is 0 Å². The van der Waals surface area contributed by atoms with Gasteiger partial charge in [0.25, 0.3) is 11.5 Å². The molecular formula is C22H25N3O2. The average molecular weight is 363 g/mol. The van der Waals surface area contributed by atoms with Crippen molar-refractivity contribution in [1.29, 1.82) is 0 Å². The van der Waals surface area contributed by atoms with Gasteiger partial charge in [0, 0.05) is 11.9 Å². The van der Waals surface area contributed by atoms with Gasteiger partial charge in [-0.1, -0.05) is 62.4 Å². The summed E-state index contributed by atoms with van der Waals surface area (Å²) >= 11 is 0. The Kier molecular flexibility index (Phi) is 5.69. The fourth-order valence-electron chi connectivity index (χ4n) is 3.28. The molecule has 0 saturated carbocycles. The van der Waals surface area contributed by atoms with E-state index in [0.717, 1.165) is 12.0 Å². The van der Waals surface area contributed by atoms with Crippen LogP contribution in [0.2, 0.25) is 0 Å². The zero-order chi connectivity index (χ0) is 19.4. The maximum Gasteiger partial charge on any atom is 0.274 e. The third kappa shape index (κ3) is 4.08. The highest BCUT2D eigenvalue weighted by atomic mass is 16.2. The highest BCUT2D eigenvalue weighted by molar-refractivity contribution is 6.04. The Balaban J connectivity index is 2.02. The first-order chi connectivity index (χ1) is 13.0. The van der Waals surface area contributed by atoms with Gasteiger partial charge in [-0.2, -0.15) is 5.10 Å². The SMILES string of the molecule is CCn1nc(C(=O)N[C@@H](CC(C)C)c2ccccc2)c2ccccc2c1=O. The van der Waals surface area contributed by atoms with Crippen LogP contribution in [0.4, 0.5) is 0 Å². The summed E-state index contributed by atoms with van der Waals surface area (Å²) in [4.78, 5) is 25.6. The highest BCUT2D eigenvalue weighted by Gasteiger charge is 2.21. The van der Waals surface area contributed by atoms with Crippen LogP contribution in [0.15, 0.2) is 59.4 Å². The number of benzene rings is 2. The number of amides is 1. The van der Waals surface area contributed by atoms with Gasteiger partial charge in [-0.25, -0.2) is 4.68 Å². The van der Waals surface area contributed by atoms with E-state index in [0.29, 0.717) is 23.2 Å². The summed E-state index contributed by atoms with van der Waals surface area (Å²) in [7, 11) is 0. The molecule has 0 aliphatic rings. The third-order valence-corrected chi connectivity index (χ3v) is 4.60. The van der Waals surface area contributed by atoms with Gasteiger partial charge >= 0.3 is 0 Å². The molecule has 0 fully saturated rings. The number of rotatable bonds is 6. The fraction of sp³-hybridized carbons (Fsp3) is 0.318. The van der Waals surface area contributed by atoms with E-state index in [1.165, 1.54) is 4.68 Å². The van der Waals surface area contributed by atoms with Crippen LogP contribution in [0.25, 0.3) is 10.8 Å². The summed E-state index contributed by atoms with van der Waals surface area (Å²) in [6.45, 7) is 6.52. The number of hydrogen-bond acceptors (Lipinski definition) is 3. The number of fused-ring (bicyclic) bond motifs is 1. The van der Waals surface area contributed by atoms with Gasteiger partial charge in [-0.05, 0) is 30.9 Å². The topological polar surface area (TPSA) is 64.0 Å². The molecule has 0 aliphatic heterocycles. The van der Waals surface area contributed by atoms with E-state index >= 15 is 0 Å². The van der Waals surface area contributed by atoms with Gasteiger partial charge < -0.3 is 5.32 Å². The summed E-state index contributed by atoms with van der Waals surface area (Å²) in [5, 5.41) is 8.56. The number of nitrogens with one attached hydrogen (secondary N) is 1. The van der Waals surface area contributed by atoms with Gasteiger partial charge in [-0.3, -0.25) is 9.59 Å². The largest absolute Gasteiger partial charge is 0.344 e. The molecule has 140 valence electrons. The van der Waals surface area contributed by atoms with Crippen molar-refractivity contribution in [2.45, 2.75) is 39.8 Å². The number of hydrogen-bond donors (Lipinski definition) is 1. The molecule has 0 spiro atoms. The Bertz CT molecular complexity index is 993. The molecule has 1 heterocycles. The van der Waals surface area contributed by atoms with E-state index in [4.69, 9.17) is 0 Å². The minimum atomic E-state index is -0.261. The molecule has 0 bridgehead atoms. The van der Waals surface area contributed by atoms with E-state index in [1.54, 1.807) is 18.2 Å². The first-order valence-electron chi connectivity index (χ1n) is 9.37. The van der Waals surface area contributed by atoms with Crippen molar-refractivity contribution in [3.8, 4) is 0 Å². The Morgan fingerprint density at radius 2 is 1.67 bits per heavy atom. The summed E-state index contributed by atoms with van der Waals surface area (Å²) in [6.07, 6.45) is 0.821. The predicted octanol–water partition coefficient (Wildman–Crippen LogP) is 3.93. The molecule has 0 saturated heterocycles. The van der Waals surface area contributed by atoms with E-state index in [9.17, 15) is 9.59 Å². The Morgan fingerprint density at radius 1 is 1.04 bits per heavy atom. The Labute approximate surface area is 159 Å². The summed E-state index contributed by atoms with van der Waals surface area (Å²) in [5.41, 5.74) is 1.18. The van der Waals surface area contributed by atoms with Crippen LogP contribution in [-0.2, 0) is 6.54 Å². The lowest BCUT2D eigenvalue weighted by Crippen LogP contribution is -2.33. The molecule has 0 aliphatic carbocycles. The molecule has 5 nitrogen and oxygen atoms in total.